The molecule has 0 radical (unpaired) electrons. The molecular weight excluding hydrogens is 206 g/mol. The smallest absolute Gasteiger partial charge is 0.303 e. The van der Waals surface area contributed by atoms with Crippen LogP contribution in [0.15, 0.2) is 24.4 Å². The van der Waals surface area contributed by atoms with Gasteiger partial charge >= 0.3 is 5.97 Å². The van der Waals surface area contributed by atoms with E-state index >= 15 is 0 Å². The molecule has 0 unspecified atom stereocenters. The second-order valence-corrected chi connectivity index (χ2v) is 3.34. The van der Waals surface area contributed by atoms with Crippen molar-refractivity contribution in [2.24, 2.45) is 0 Å². The van der Waals surface area contributed by atoms with E-state index in [4.69, 9.17) is 10.4 Å². The van der Waals surface area contributed by atoms with Crippen molar-refractivity contribution >= 4 is 11.5 Å². The van der Waals surface area contributed by atoms with Gasteiger partial charge in [-0.3, -0.25) is 4.79 Å². The lowest BCUT2D eigenvalue weighted by molar-refractivity contribution is -0.137. The summed E-state index contributed by atoms with van der Waals surface area (Å²) >= 11 is 0. The molecule has 2 aromatic rings. The molecule has 0 aromatic carbocycles. The fourth-order valence-electron chi connectivity index (χ4n) is 1.58. The van der Waals surface area contributed by atoms with E-state index in [2.05, 4.69) is 4.98 Å². The topological polar surface area (TPSA) is 78.4 Å². The number of aliphatic carboxylic acids is 1. The van der Waals surface area contributed by atoms with Crippen LogP contribution in [0.1, 0.15) is 17.9 Å². The average Bonchev–Trinajstić information content (AvgIpc) is 2.65. The average molecular weight is 215 g/mol. The summed E-state index contributed by atoms with van der Waals surface area (Å²) in [6, 6.07) is 7.42. The van der Waals surface area contributed by atoms with Crippen LogP contribution in [0.2, 0.25) is 0 Å². The van der Waals surface area contributed by atoms with Gasteiger partial charge in [0.1, 0.15) is 11.9 Å². The zero-order chi connectivity index (χ0) is 11.5. The fraction of sp³-hybridized carbons (Fsp3) is 0.182. The number of fused-ring (bicyclic) bond motifs is 1. The predicted molar refractivity (Wildman–Crippen MR) is 55.9 cm³/mol. The van der Waals surface area contributed by atoms with Crippen molar-refractivity contribution in [1.82, 2.24) is 9.38 Å². The highest BCUT2D eigenvalue weighted by Gasteiger charge is 2.10. The molecular formula is C11H9N3O2. The maximum atomic E-state index is 10.5. The van der Waals surface area contributed by atoms with Crippen molar-refractivity contribution in [3.05, 3.63) is 35.9 Å². The van der Waals surface area contributed by atoms with E-state index < -0.39 is 5.97 Å². The minimum atomic E-state index is -0.869. The third kappa shape index (κ3) is 1.73. The molecule has 0 aliphatic carbocycles. The van der Waals surface area contributed by atoms with Gasteiger partial charge in [0, 0.05) is 12.6 Å². The summed E-state index contributed by atoms with van der Waals surface area (Å²) < 4.78 is 1.75. The van der Waals surface area contributed by atoms with Crippen LogP contribution in [0.5, 0.6) is 0 Å². The van der Waals surface area contributed by atoms with Crippen LogP contribution in [0.3, 0.4) is 0 Å². The number of nitriles is 1. The van der Waals surface area contributed by atoms with Crippen molar-refractivity contribution in [3.63, 3.8) is 0 Å². The van der Waals surface area contributed by atoms with Gasteiger partial charge in [-0.1, -0.05) is 6.07 Å². The van der Waals surface area contributed by atoms with E-state index in [0.717, 1.165) is 0 Å². The van der Waals surface area contributed by atoms with Crippen molar-refractivity contribution < 1.29 is 9.90 Å². The van der Waals surface area contributed by atoms with Gasteiger partial charge in [-0.15, -0.1) is 0 Å². The van der Waals surface area contributed by atoms with Crippen LogP contribution in [-0.2, 0) is 11.2 Å². The molecule has 1 N–H and O–H groups in total. The number of aromatic nitrogens is 2. The molecule has 2 rings (SSSR count). The molecule has 5 nitrogen and oxygen atoms in total. The largest absolute Gasteiger partial charge is 0.481 e. The number of pyridine rings is 1. The van der Waals surface area contributed by atoms with E-state index in [-0.39, 0.29) is 6.42 Å². The molecule has 0 aliphatic heterocycles. The SMILES string of the molecule is N#Cc1nc(CCC(=O)O)n2ccccc12. The number of nitrogens with zero attached hydrogens (tertiary/aromatic N) is 3. The van der Waals surface area contributed by atoms with E-state index in [1.165, 1.54) is 0 Å². The Labute approximate surface area is 91.6 Å². The minimum absolute atomic E-state index is 0.0128. The van der Waals surface area contributed by atoms with Gasteiger partial charge < -0.3 is 9.51 Å². The normalized spacial score (nSPS) is 10.2. The van der Waals surface area contributed by atoms with Crippen molar-refractivity contribution in [2.45, 2.75) is 12.8 Å². The number of carboxylic acids is 1. The Kier molecular flexibility index (Phi) is 2.56. The van der Waals surface area contributed by atoms with Gasteiger partial charge in [0.2, 0.25) is 0 Å². The molecule has 16 heavy (non-hydrogen) atoms. The number of rotatable bonds is 3. The number of imidazole rings is 1. The van der Waals surface area contributed by atoms with Gasteiger partial charge in [0.05, 0.1) is 11.9 Å². The quantitative estimate of drug-likeness (QED) is 0.834. The van der Waals surface area contributed by atoms with E-state index in [9.17, 15) is 4.79 Å². The zero-order valence-electron chi connectivity index (χ0n) is 8.42. The molecule has 2 aromatic heterocycles. The lowest BCUT2D eigenvalue weighted by Gasteiger charge is -1.97. The van der Waals surface area contributed by atoms with Crippen LogP contribution >= 0.6 is 0 Å². The Morgan fingerprint density at radius 3 is 3.06 bits per heavy atom. The summed E-state index contributed by atoms with van der Waals surface area (Å²) in [4.78, 5) is 14.6. The predicted octanol–water partition coefficient (Wildman–Crippen LogP) is 1.22. The van der Waals surface area contributed by atoms with Crippen LogP contribution in [0.25, 0.3) is 5.52 Å². The number of carboxylic acid groups (broad SMARTS) is 1. The van der Waals surface area contributed by atoms with Crippen LogP contribution in [0, 0.1) is 11.3 Å². The van der Waals surface area contributed by atoms with E-state index in [0.29, 0.717) is 23.5 Å². The van der Waals surface area contributed by atoms with Crippen molar-refractivity contribution in [1.29, 1.82) is 5.26 Å². The molecule has 0 amide bonds. The molecule has 0 fully saturated rings. The molecule has 0 saturated heterocycles. The molecule has 0 spiro atoms. The highest BCUT2D eigenvalue weighted by Crippen LogP contribution is 2.13. The van der Waals surface area contributed by atoms with Crippen LogP contribution in [0.4, 0.5) is 0 Å². The number of hydrogen-bond donors (Lipinski definition) is 1. The van der Waals surface area contributed by atoms with Gasteiger partial charge in [0.15, 0.2) is 5.69 Å². The van der Waals surface area contributed by atoms with Gasteiger partial charge in [0.25, 0.3) is 0 Å². The summed E-state index contributed by atoms with van der Waals surface area (Å²) in [5, 5.41) is 17.5. The second-order valence-electron chi connectivity index (χ2n) is 3.34. The monoisotopic (exact) mass is 215 g/mol. The van der Waals surface area contributed by atoms with Gasteiger partial charge in [-0.05, 0) is 12.1 Å². The summed E-state index contributed by atoms with van der Waals surface area (Å²) in [7, 11) is 0. The Hall–Kier alpha value is -2.35. The van der Waals surface area contributed by atoms with Gasteiger partial charge in [-0.25, -0.2) is 4.98 Å². The third-order valence-corrected chi connectivity index (χ3v) is 2.29. The van der Waals surface area contributed by atoms with Crippen molar-refractivity contribution in [2.75, 3.05) is 0 Å². The van der Waals surface area contributed by atoms with Gasteiger partial charge in [-0.2, -0.15) is 5.26 Å². The first-order valence-electron chi connectivity index (χ1n) is 4.80. The Morgan fingerprint density at radius 2 is 2.38 bits per heavy atom. The zero-order valence-corrected chi connectivity index (χ0v) is 8.42. The number of carbonyl (C=O) groups is 1. The summed E-state index contributed by atoms with van der Waals surface area (Å²) in [5.74, 6) is -0.263. The molecule has 80 valence electrons. The van der Waals surface area contributed by atoms with Crippen LogP contribution in [-0.4, -0.2) is 20.5 Å². The fourth-order valence-corrected chi connectivity index (χ4v) is 1.58. The molecule has 0 bridgehead atoms. The minimum Gasteiger partial charge on any atom is -0.481 e. The third-order valence-electron chi connectivity index (χ3n) is 2.29. The van der Waals surface area contributed by atoms with E-state index in [1.807, 2.05) is 18.2 Å². The molecule has 0 saturated carbocycles. The van der Waals surface area contributed by atoms with Crippen LogP contribution < -0.4 is 0 Å². The Bertz CT molecular complexity index is 580. The summed E-state index contributed by atoms with van der Waals surface area (Å²) in [5.41, 5.74) is 1.05. The molecule has 0 atom stereocenters. The van der Waals surface area contributed by atoms with E-state index in [1.54, 1.807) is 16.7 Å². The first-order chi connectivity index (χ1) is 7.72. The second kappa shape index (κ2) is 4.03. The number of hydrogen-bond acceptors (Lipinski definition) is 3. The maximum Gasteiger partial charge on any atom is 0.303 e. The molecule has 0 aliphatic rings. The molecule has 5 heteroatoms. The van der Waals surface area contributed by atoms with Crippen molar-refractivity contribution in [3.8, 4) is 6.07 Å². The standard InChI is InChI=1S/C11H9N3O2/c12-7-8-9-3-1-2-6-14(9)10(13-8)4-5-11(15)16/h1-3,6H,4-5H2,(H,15,16). The Balaban J connectivity index is 2.46. The highest BCUT2D eigenvalue weighted by atomic mass is 16.4. The first kappa shape index (κ1) is 10.2. The number of aryl methyl sites for hydroxylation is 1. The lowest BCUT2D eigenvalue weighted by Crippen LogP contribution is -2.01. The highest BCUT2D eigenvalue weighted by molar-refractivity contribution is 5.67. The molecule has 2 heterocycles. The Morgan fingerprint density at radius 1 is 1.56 bits per heavy atom. The summed E-state index contributed by atoms with van der Waals surface area (Å²) in [6.07, 6.45) is 2.11. The maximum absolute atomic E-state index is 10.5. The lowest BCUT2D eigenvalue weighted by atomic mass is 10.3. The summed E-state index contributed by atoms with van der Waals surface area (Å²) in [6.45, 7) is 0. The first-order valence-corrected chi connectivity index (χ1v) is 4.80.